The normalized spacial score (nSPS) is 29.5. The predicted molar refractivity (Wildman–Crippen MR) is 65.2 cm³/mol. The molecule has 1 aliphatic rings. The van der Waals surface area contributed by atoms with Crippen LogP contribution in [0.4, 0.5) is 0 Å². The SMILES string of the molecule is CC1CCCC(CN)(OCc2ncnn2C)C1. The second-order valence-electron chi connectivity index (χ2n) is 5.18. The molecule has 0 radical (unpaired) electrons. The van der Waals surface area contributed by atoms with Gasteiger partial charge in [0.1, 0.15) is 12.9 Å². The van der Waals surface area contributed by atoms with Crippen LogP contribution in [0.5, 0.6) is 0 Å². The maximum atomic E-state index is 6.07. The van der Waals surface area contributed by atoms with Gasteiger partial charge in [0.15, 0.2) is 5.82 Å². The quantitative estimate of drug-likeness (QED) is 0.857. The third kappa shape index (κ3) is 2.84. The molecule has 1 aromatic heterocycles. The van der Waals surface area contributed by atoms with Crippen molar-refractivity contribution in [3.63, 3.8) is 0 Å². The van der Waals surface area contributed by atoms with Crippen LogP contribution >= 0.6 is 0 Å². The van der Waals surface area contributed by atoms with Gasteiger partial charge in [0.25, 0.3) is 0 Å². The van der Waals surface area contributed by atoms with Crippen LogP contribution in [0.2, 0.25) is 0 Å². The molecular formula is C12H22N4O. The molecule has 5 heteroatoms. The van der Waals surface area contributed by atoms with E-state index < -0.39 is 0 Å². The van der Waals surface area contributed by atoms with Crippen LogP contribution in [0.3, 0.4) is 0 Å². The number of nitrogens with zero attached hydrogens (tertiary/aromatic N) is 3. The molecular weight excluding hydrogens is 216 g/mol. The van der Waals surface area contributed by atoms with Crippen molar-refractivity contribution >= 4 is 0 Å². The van der Waals surface area contributed by atoms with Crippen molar-refractivity contribution in [3.8, 4) is 0 Å². The van der Waals surface area contributed by atoms with E-state index in [1.54, 1.807) is 11.0 Å². The molecule has 1 heterocycles. The van der Waals surface area contributed by atoms with Crippen molar-refractivity contribution in [1.29, 1.82) is 0 Å². The Bertz CT molecular complexity index is 365. The number of hydrogen-bond donors (Lipinski definition) is 1. The summed E-state index contributed by atoms with van der Waals surface area (Å²) >= 11 is 0. The van der Waals surface area contributed by atoms with Crippen molar-refractivity contribution in [1.82, 2.24) is 14.8 Å². The fourth-order valence-corrected chi connectivity index (χ4v) is 2.66. The van der Waals surface area contributed by atoms with E-state index in [0.29, 0.717) is 19.1 Å². The first kappa shape index (κ1) is 12.5. The Kier molecular flexibility index (Phi) is 3.79. The molecule has 2 atom stereocenters. The molecule has 2 N–H and O–H groups in total. The van der Waals surface area contributed by atoms with Gasteiger partial charge in [-0.2, -0.15) is 5.10 Å². The van der Waals surface area contributed by atoms with Crippen LogP contribution in [-0.4, -0.2) is 26.9 Å². The highest BCUT2D eigenvalue weighted by Crippen LogP contribution is 2.34. The van der Waals surface area contributed by atoms with Crippen LogP contribution < -0.4 is 5.73 Å². The van der Waals surface area contributed by atoms with E-state index >= 15 is 0 Å². The Labute approximate surface area is 102 Å². The monoisotopic (exact) mass is 238 g/mol. The van der Waals surface area contributed by atoms with Gasteiger partial charge in [-0.1, -0.05) is 19.8 Å². The van der Waals surface area contributed by atoms with Gasteiger partial charge < -0.3 is 10.5 Å². The zero-order valence-corrected chi connectivity index (χ0v) is 10.7. The highest BCUT2D eigenvalue weighted by molar-refractivity contribution is 4.90. The molecule has 1 saturated carbocycles. The van der Waals surface area contributed by atoms with E-state index in [0.717, 1.165) is 18.7 Å². The summed E-state index contributed by atoms with van der Waals surface area (Å²) in [5, 5.41) is 4.04. The topological polar surface area (TPSA) is 66.0 Å². The first-order valence-corrected chi connectivity index (χ1v) is 6.32. The standard InChI is InChI=1S/C12H22N4O/c1-10-4-3-5-12(6-10,8-13)17-7-11-14-9-15-16(11)2/h9-10H,3-8,13H2,1-2H3. The van der Waals surface area contributed by atoms with Gasteiger partial charge >= 0.3 is 0 Å². The molecule has 2 unspecified atom stereocenters. The Morgan fingerprint density at radius 3 is 3.06 bits per heavy atom. The third-order valence-corrected chi connectivity index (χ3v) is 3.73. The van der Waals surface area contributed by atoms with Gasteiger partial charge in [0.05, 0.1) is 5.60 Å². The highest BCUT2D eigenvalue weighted by atomic mass is 16.5. The zero-order valence-electron chi connectivity index (χ0n) is 10.7. The van der Waals surface area contributed by atoms with E-state index in [4.69, 9.17) is 10.5 Å². The molecule has 0 aromatic carbocycles. The summed E-state index contributed by atoms with van der Waals surface area (Å²) in [6, 6.07) is 0. The fourth-order valence-electron chi connectivity index (χ4n) is 2.66. The lowest BCUT2D eigenvalue weighted by Crippen LogP contribution is -2.44. The van der Waals surface area contributed by atoms with E-state index in [9.17, 15) is 0 Å². The minimum atomic E-state index is -0.149. The minimum absolute atomic E-state index is 0.149. The van der Waals surface area contributed by atoms with Gasteiger partial charge in [0, 0.05) is 13.6 Å². The Morgan fingerprint density at radius 1 is 1.65 bits per heavy atom. The second kappa shape index (κ2) is 5.14. The van der Waals surface area contributed by atoms with Crippen LogP contribution in [0.15, 0.2) is 6.33 Å². The van der Waals surface area contributed by atoms with Crippen LogP contribution in [0.1, 0.15) is 38.4 Å². The maximum Gasteiger partial charge on any atom is 0.152 e. The molecule has 0 bridgehead atoms. The number of aryl methyl sites for hydroxylation is 1. The van der Waals surface area contributed by atoms with Gasteiger partial charge in [-0.25, -0.2) is 4.98 Å². The van der Waals surface area contributed by atoms with E-state index in [2.05, 4.69) is 17.0 Å². The minimum Gasteiger partial charge on any atom is -0.366 e. The van der Waals surface area contributed by atoms with E-state index in [1.807, 2.05) is 7.05 Å². The molecule has 5 nitrogen and oxygen atoms in total. The summed E-state index contributed by atoms with van der Waals surface area (Å²) in [5.41, 5.74) is 5.76. The summed E-state index contributed by atoms with van der Waals surface area (Å²) in [7, 11) is 1.88. The van der Waals surface area contributed by atoms with Crippen molar-refractivity contribution < 1.29 is 4.74 Å². The molecule has 96 valence electrons. The molecule has 0 saturated heterocycles. The van der Waals surface area contributed by atoms with Crippen molar-refractivity contribution in [3.05, 3.63) is 12.2 Å². The summed E-state index contributed by atoms with van der Waals surface area (Å²) in [5.74, 6) is 1.56. The molecule has 0 amide bonds. The van der Waals surface area contributed by atoms with Gasteiger partial charge in [-0.05, 0) is 18.8 Å². The number of nitrogens with two attached hydrogens (primary N) is 1. The fraction of sp³-hybridized carbons (Fsp3) is 0.833. The average Bonchev–Trinajstić information content (AvgIpc) is 2.72. The molecule has 1 aliphatic carbocycles. The third-order valence-electron chi connectivity index (χ3n) is 3.73. The molecule has 0 aliphatic heterocycles. The van der Waals surface area contributed by atoms with Crippen molar-refractivity contribution in [2.24, 2.45) is 18.7 Å². The predicted octanol–water partition coefficient (Wildman–Crippen LogP) is 1.24. The largest absolute Gasteiger partial charge is 0.366 e. The summed E-state index contributed by atoms with van der Waals surface area (Å²) in [6.07, 6.45) is 6.16. The van der Waals surface area contributed by atoms with Gasteiger partial charge in [-0.3, -0.25) is 4.68 Å². The summed E-state index contributed by atoms with van der Waals surface area (Å²) in [4.78, 5) is 4.17. The molecule has 1 fully saturated rings. The van der Waals surface area contributed by atoms with E-state index in [1.165, 1.54) is 12.8 Å². The number of aromatic nitrogens is 3. The highest BCUT2D eigenvalue weighted by Gasteiger charge is 2.34. The van der Waals surface area contributed by atoms with E-state index in [-0.39, 0.29) is 5.60 Å². The van der Waals surface area contributed by atoms with Crippen LogP contribution in [0.25, 0.3) is 0 Å². The Hall–Kier alpha value is -0.940. The number of hydrogen-bond acceptors (Lipinski definition) is 4. The Morgan fingerprint density at radius 2 is 2.47 bits per heavy atom. The number of rotatable bonds is 4. The summed E-state index contributed by atoms with van der Waals surface area (Å²) in [6.45, 7) is 3.37. The zero-order chi connectivity index (χ0) is 12.3. The molecule has 2 rings (SSSR count). The van der Waals surface area contributed by atoms with Crippen molar-refractivity contribution in [2.75, 3.05) is 6.54 Å². The first-order chi connectivity index (χ1) is 8.15. The van der Waals surface area contributed by atoms with Crippen molar-refractivity contribution in [2.45, 2.75) is 44.8 Å². The molecule has 17 heavy (non-hydrogen) atoms. The lowest BCUT2D eigenvalue weighted by atomic mass is 9.79. The maximum absolute atomic E-state index is 6.07. The smallest absolute Gasteiger partial charge is 0.152 e. The molecule has 1 aromatic rings. The Balaban J connectivity index is 1.97. The average molecular weight is 238 g/mol. The van der Waals surface area contributed by atoms with Gasteiger partial charge in [-0.15, -0.1) is 0 Å². The molecule has 0 spiro atoms. The van der Waals surface area contributed by atoms with Crippen LogP contribution in [0, 0.1) is 5.92 Å². The first-order valence-electron chi connectivity index (χ1n) is 6.32. The lowest BCUT2D eigenvalue weighted by molar-refractivity contribution is -0.0868. The number of ether oxygens (including phenoxy) is 1. The summed E-state index contributed by atoms with van der Waals surface area (Å²) < 4.78 is 7.81. The lowest BCUT2D eigenvalue weighted by Gasteiger charge is -2.39. The second-order valence-corrected chi connectivity index (χ2v) is 5.18. The van der Waals surface area contributed by atoms with Gasteiger partial charge in [0.2, 0.25) is 0 Å². The van der Waals surface area contributed by atoms with Crippen LogP contribution in [-0.2, 0) is 18.4 Å².